The van der Waals surface area contributed by atoms with Gasteiger partial charge in [0.25, 0.3) is 0 Å². The fourth-order valence-corrected chi connectivity index (χ4v) is 5.14. The number of rotatable bonds is 3. The molecule has 0 amide bonds. The molecule has 4 atom stereocenters. The molecular weight excluding hydrogens is 244 g/mol. The summed E-state index contributed by atoms with van der Waals surface area (Å²) in [6.07, 6.45) is 6.43. The van der Waals surface area contributed by atoms with Gasteiger partial charge in [-0.05, 0) is 54.6 Å². The molecule has 0 saturated heterocycles. The quantitative estimate of drug-likeness (QED) is 0.919. The molecule has 20 heavy (non-hydrogen) atoms. The van der Waals surface area contributed by atoms with Crippen LogP contribution < -0.4 is 5.32 Å². The van der Waals surface area contributed by atoms with E-state index < -0.39 is 0 Å². The lowest BCUT2D eigenvalue weighted by Crippen LogP contribution is -2.22. The predicted octanol–water partition coefficient (Wildman–Crippen LogP) is 3.37. The average molecular weight is 264 g/mol. The first-order chi connectivity index (χ1) is 9.92. The van der Waals surface area contributed by atoms with E-state index in [4.69, 9.17) is 0 Å². The van der Waals surface area contributed by atoms with E-state index in [9.17, 15) is 0 Å². The van der Waals surface area contributed by atoms with E-state index in [0.717, 1.165) is 41.8 Å². The highest BCUT2D eigenvalue weighted by atomic mass is 15.0. The molecule has 2 heteroatoms. The fraction of sp³-hybridized carbons (Fsp3) is 0.500. The second-order valence-corrected chi connectivity index (χ2v) is 6.89. The molecule has 1 aromatic carbocycles. The predicted molar refractivity (Wildman–Crippen MR) is 80.2 cm³/mol. The number of hydrogen-bond acceptors (Lipinski definition) is 2. The minimum atomic E-state index is 0.806. The van der Waals surface area contributed by atoms with Gasteiger partial charge >= 0.3 is 0 Å². The summed E-state index contributed by atoms with van der Waals surface area (Å²) in [5, 5.41) is 5.08. The largest absolute Gasteiger partial charge is 0.309 e. The van der Waals surface area contributed by atoms with Gasteiger partial charge in [0.05, 0.1) is 5.52 Å². The van der Waals surface area contributed by atoms with E-state index in [1.54, 1.807) is 0 Å². The molecule has 2 aromatic rings. The number of hydrogen-bond donors (Lipinski definition) is 1. The van der Waals surface area contributed by atoms with Crippen LogP contribution in [0, 0.1) is 23.7 Å². The Bertz CT molecular complexity index is 644. The Morgan fingerprint density at radius 3 is 2.70 bits per heavy atom. The van der Waals surface area contributed by atoms with Gasteiger partial charge in [-0.15, -0.1) is 0 Å². The Balaban J connectivity index is 1.35. The normalized spacial score (nSPS) is 37.3. The van der Waals surface area contributed by atoms with Crippen LogP contribution in [0.3, 0.4) is 0 Å². The first-order valence-corrected chi connectivity index (χ1v) is 7.98. The van der Waals surface area contributed by atoms with E-state index in [1.807, 2.05) is 12.3 Å². The summed E-state index contributed by atoms with van der Waals surface area (Å²) in [6.45, 7) is 0.978. The summed E-state index contributed by atoms with van der Waals surface area (Å²) in [5.41, 5.74) is 2.51. The van der Waals surface area contributed by atoms with Crippen LogP contribution in [0.1, 0.15) is 24.8 Å². The molecule has 0 aliphatic heterocycles. The zero-order chi connectivity index (χ0) is 13.1. The molecule has 3 fully saturated rings. The second-order valence-electron chi connectivity index (χ2n) is 6.89. The molecule has 2 nitrogen and oxygen atoms in total. The Morgan fingerprint density at radius 2 is 1.85 bits per heavy atom. The number of nitrogens with zero attached hydrogens (tertiary/aromatic N) is 1. The molecule has 3 saturated carbocycles. The topological polar surface area (TPSA) is 24.9 Å². The maximum absolute atomic E-state index is 4.55. The van der Waals surface area contributed by atoms with Crippen molar-refractivity contribution in [3.63, 3.8) is 0 Å². The molecule has 2 bridgehead atoms. The van der Waals surface area contributed by atoms with Crippen LogP contribution in [0.15, 0.2) is 36.5 Å². The van der Waals surface area contributed by atoms with Crippen molar-refractivity contribution in [2.24, 2.45) is 23.7 Å². The van der Waals surface area contributed by atoms with Crippen LogP contribution in [0.25, 0.3) is 10.9 Å². The highest BCUT2D eigenvalue weighted by molar-refractivity contribution is 5.81. The summed E-state index contributed by atoms with van der Waals surface area (Å²) < 4.78 is 0. The molecule has 1 aromatic heterocycles. The highest BCUT2D eigenvalue weighted by Gasteiger charge is 2.64. The molecule has 3 aliphatic rings. The zero-order valence-corrected chi connectivity index (χ0v) is 11.6. The fourth-order valence-electron chi connectivity index (χ4n) is 5.14. The van der Waals surface area contributed by atoms with Crippen molar-refractivity contribution >= 4 is 10.9 Å². The summed E-state index contributed by atoms with van der Waals surface area (Å²) in [5.74, 6) is 4.12. The zero-order valence-electron chi connectivity index (χ0n) is 11.6. The van der Waals surface area contributed by atoms with E-state index in [1.165, 1.54) is 30.2 Å². The van der Waals surface area contributed by atoms with E-state index in [-0.39, 0.29) is 0 Å². The third kappa shape index (κ3) is 1.51. The molecule has 1 N–H and O–H groups in total. The molecule has 1 heterocycles. The van der Waals surface area contributed by atoms with E-state index in [2.05, 4.69) is 34.6 Å². The van der Waals surface area contributed by atoms with Gasteiger partial charge in [0, 0.05) is 24.2 Å². The lowest BCUT2D eigenvalue weighted by Gasteiger charge is -2.11. The minimum Gasteiger partial charge on any atom is -0.309 e. The van der Waals surface area contributed by atoms with Gasteiger partial charge in [-0.1, -0.05) is 24.3 Å². The van der Waals surface area contributed by atoms with Gasteiger partial charge in [-0.3, -0.25) is 4.98 Å². The summed E-state index contributed by atoms with van der Waals surface area (Å²) in [4.78, 5) is 4.55. The molecule has 4 unspecified atom stereocenters. The number of para-hydroxylation sites is 1. The Hall–Kier alpha value is -1.41. The molecule has 102 valence electrons. The smallest absolute Gasteiger partial charge is 0.0746 e. The average Bonchev–Trinajstić information content (AvgIpc) is 2.88. The second kappa shape index (κ2) is 4.05. The van der Waals surface area contributed by atoms with Gasteiger partial charge in [0.1, 0.15) is 0 Å². The van der Waals surface area contributed by atoms with Crippen LogP contribution in [0.2, 0.25) is 0 Å². The Kier molecular flexibility index (Phi) is 2.28. The van der Waals surface area contributed by atoms with Crippen LogP contribution in [0.5, 0.6) is 0 Å². The maximum Gasteiger partial charge on any atom is 0.0746 e. The number of pyridine rings is 1. The summed E-state index contributed by atoms with van der Waals surface area (Å²) >= 11 is 0. The minimum absolute atomic E-state index is 0.806. The van der Waals surface area contributed by atoms with Crippen LogP contribution in [-0.4, -0.2) is 11.0 Å². The van der Waals surface area contributed by atoms with Crippen LogP contribution in [-0.2, 0) is 6.54 Å². The Labute approximate surface area is 119 Å². The molecule has 0 radical (unpaired) electrons. The van der Waals surface area contributed by atoms with Crippen LogP contribution >= 0.6 is 0 Å². The third-order valence-corrected chi connectivity index (χ3v) is 5.98. The maximum atomic E-state index is 4.55. The van der Waals surface area contributed by atoms with Crippen molar-refractivity contribution in [2.75, 3.05) is 0 Å². The molecule has 5 rings (SSSR count). The standard InChI is InChI=1S/C18H20N2/c1-3-11-5-2-8-19-17(11)14(4-1)10-20-18-15-12-6-7-13(9-12)16(15)18/h1-5,8,12-13,15-16,18,20H,6-7,9-10H2. The van der Waals surface area contributed by atoms with Gasteiger partial charge < -0.3 is 5.32 Å². The van der Waals surface area contributed by atoms with Crippen molar-refractivity contribution in [3.05, 3.63) is 42.1 Å². The summed E-state index contributed by atoms with van der Waals surface area (Å²) in [6, 6.07) is 11.5. The molecule has 3 aliphatic carbocycles. The first-order valence-electron chi connectivity index (χ1n) is 7.98. The lowest BCUT2D eigenvalue weighted by atomic mass is 10.0. The van der Waals surface area contributed by atoms with Gasteiger partial charge in [0.2, 0.25) is 0 Å². The van der Waals surface area contributed by atoms with Crippen molar-refractivity contribution in [3.8, 4) is 0 Å². The Morgan fingerprint density at radius 1 is 1.05 bits per heavy atom. The molecule has 0 spiro atoms. The molecular formula is C18H20N2. The van der Waals surface area contributed by atoms with E-state index >= 15 is 0 Å². The van der Waals surface area contributed by atoms with Gasteiger partial charge in [-0.25, -0.2) is 0 Å². The lowest BCUT2D eigenvalue weighted by molar-refractivity contribution is 0.456. The SMILES string of the molecule is c1cnc2c(CNC3C4C5CCC(C5)C34)cccc2c1. The summed E-state index contributed by atoms with van der Waals surface area (Å²) in [7, 11) is 0. The van der Waals surface area contributed by atoms with Crippen LogP contribution in [0.4, 0.5) is 0 Å². The number of aromatic nitrogens is 1. The van der Waals surface area contributed by atoms with Gasteiger partial charge in [0.15, 0.2) is 0 Å². The van der Waals surface area contributed by atoms with Crippen molar-refractivity contribution in [2.45, 2.75) is 31.8 Å². The number of benzene rings is 1. The number of fused-ring (bicyclic) bond motifs is 6. The van der Waals surface area contributed by atoms with E-state index in [0.29, 0.717) is 0 Å². The van der Waals surface area contributed by atoms with Crippen molar-refractivity contribution in [1.29, 1.82) is 0 Å². The monoisotopic (exact) mass is 264 g/mol. The van der Waals surface area contributed by atoms with Crippen molar-refractivity contribution < 1.29 is 0 Å². The van der Waals surface area contributed by atoms with Crippen molar-refractivity contribution in [1.82, 2.24) is 10.3 Å². The number of nitrogens with one attached hydrogen (secondary N) is 1. The highest BCUT2D eigenvalue weighted by Crippen LogP contribution is 2.65. The first kappa shape index (κ1) is 11.3. The van der Waals surface area contributed by atoms with Gasteiger partial charge in [-0.2, -0.15) is 0 Å². The third-order valence-electron chi connectivity index (χ3n) is 5.98.